The lowest BCUT2D eigenvalue weighted by Gasteiger charge is -2.09. The van der Waals surface area contributed by atoms with Crippen LogP contribution in [-0.2, 0) is 0 Å². The molecule has 0 heteroatoms. The van der Waals surface area contributed by atoms with Gasteiger partial charge in [0.15, 0.2) is 0 Å². The Morgan fingerprint density at radius 3 is 2.42 bits per heavy atom. The van der Waals surface area contributed by atoms with Crippen LogP contribution < -0.4 is 0 Å². The Labute approximate surface area is 74.9 Å². The second kappa shape index (κ2) is 4.76. The summed E-state index contributed by atoms with van der Waals surface area (Å²) in [7, 11) is 0. The highest BCUT2D eigenvalue weighted by atomic mass is 14.1. The molecule has 0 N–H and O–H groups in total. The molecule has 0 saturated carbocycles. The fourth-order valence-electron chi connectivity index (χ4n) is 1.42. The summed E-state index contributed by atoms with van der Waals surface area (Å²) in [6.07, 6.45) is 5.56. The lowest BCUT2D eigenvalue weighted by Crippen LogP contribution is -1.91. The Balaban J connectivity index is 2.80. The van der Waals surface area contributed by atoms with Crippen LogP contribution in [0.5, 0.6) is 0 Å². The fraction of sp³-hybridized carbons (Fsp3) is 0.333. The Hall–Kier alpha value is -1.04. The molecule has 0 heterocycles. The van der Waals surface area contributed by atoms with Crippen LogP contribution in [0.1, 0.15) is 31.7 Å². The quantitative estimate of drug-likeness (QED) is 0.591. The van der Waals surface area contributed by atoms with Gasteiger partial charge in [-0.05, 0) is 18.9 Å². The van der Waals surface area contributed by atoms with E-state index in [1.54, 1.807) is 0 Å². The van der Waals surface area contributed by atoms with E-state index in [2.05, 4.69) is 56.3 Å². The summed E-state index contributed by atoms with van der Waals surface area (Å²) >= 11 is 0. The van der Waals surface area contributed by atoms with Gasteiger partial charge in [0.25, 0.3) is 0 Å². The summed E-state index contributed by atoms with van der Waals surface area (Å²) in [6.45, 7) is 4.29. The van der Waals surface area contributed by atoms with E-state index in [-0.39, 0.29) is 0 Å². The van der Waals surface area contributed by atoms with Crippen molar-refractivity contribution < 1.29 is 0 Å². The molecule has 0 nitrogen and oxygen atoms in total. The Morgan fingerprint density at radius 2 is 1.92 bits per heavy atom. The van der Waals surface area contributed by atoms with Crippen LogP contribution in [-0.4, -0.2) is 0 Å². The third kappa shape index (κ3) is 2.23. The van der Waals surface area contributed by atoms with Gasteiger partial charge >= 0.3 is 0 Å². The maximum Gasteiger partial charge on any atom is 0.00152 e. The van der Waals surface area contributed by atoms with Crippen molar-refractivity contribution in [2.24, 2.45) is 0 Å². The molecule has 0 aliphatic rings. The van der Waals surface area contributed by atoms with E-state index in [9.17, 15) is 0 Å². The first-order chi connectivity index (χ1) is 5.88. The zero-order valence-electron chi connectivity index (χ0n) is 7.83. The number of benzene rings is 1. The van der Waals surface area contributed by atoms with Gasteiger partial charge in [-0.25, -0.2) is 0 Å². The van der Waals surface area contributed by atoms with Gasteiger partial charge in [-0.1, -0.05) is 49.4 Å². The molecule has 0 spiro atoms. The van der Waals surface area contributed by atoms with Gasteiger partial charge < -0.3 is 0 Å². The molecule has 1 aromatic rings. The number of rotatable bonds is 3. The minimum atomic E-state index is 0.594. The number of allylic oxidation sites excluding steroid dienone is 2. The molecular weight excluding hydrogens is 144 g/mol. The molecule has 0 aliphatic carbocycles. The first-order valence-electron chi connectivity index (χ1n) is 4.56. The highest BCUT2D eigenvalue weighted by Crippen LogP contribution is 2.19. The first-order valence-corrected chi connectivity index (χ1v) is 4.56. The van der Waals surface area contributed by atoms with E-state index in [1.807, 2.05) is 0 Å². The molecule has 0 saturated heterocycles. The topological polar surface area (TPSA) is 0 Å². The molecule has 0 unspecified atom stereocenters. The van der Waals surface area contributed by atoms with Crippen molar-refractivity contribution in [1.82, 2.24) is 0 Å². The third-order valence-electron chi connectivity index (χ3n) is 2.09. The summed E-state index contributed by atoms with van der Waals surface area (Å²) in [6, 6.07) is 10.6. The Morgan fingerprint density at radius 1 is 1.25 bits per heavy atom. The van der Waals surface area contributed by atoms with Gasteiger partial charge in [-0.15, -0.1) is 0 Å². The summed E-state index contributed by atoms with van der Waals surface area (Å²) in [5, 5.41) is 0. The van der Waals surface area contributed by atoms with Gasteiger partial charge in [0, 0.05) is 5.92 Å². The van der Waals surface area contributed by atoms with E-state index in [4.69, 9.17) is 0 Å². The van der Waals surface area contributed by atoms with Crippen molar-refractivity contribution in [2.75, 3.05) is 0 Å². The maximum atomic E-state index is 2.26. The molecule has 0 bridgehead atoms. The first kappa shape index (κ1) is 9.05. The molecule has 0 aromatic heterocycles. The number of hydrogen-bond acceptors (Lipinski definition) is 0. The molecule has 0 amide bonds. The van der Waals surface area contributed by atoms with Gasteiger partial charge in [0.05, 0.1) is 0 Å². The summed E-state index contributed by atoms with van der Waals surface area (Å²) in [5.41, 5.74) is 1.41. The van der Waals surface area contributed by atoms with Crippen molar-refractivity contribution >= 4 is 0 Å². The van der Waals surface area contributed by atoms with Crippen molar-refractivity contribution in [3.8, 4) is 0 Å². The van der Waals surface area contributed by atoms with Gasteiger partial charge in [0.2, 0.25) is 0 Å². The van der Waals surface area contributed by atoms with Crippen molar-refractivity contribution in [1.29, 1.82) is 0 Å². The Bertz CT molecular complexity index is 233. The van der Waals surface area contributed by atoms with Crippen LogP contribution in [0.15, 0.2) is 42.5 Å². The smallest absolute Gasteiger partial charge is 0.00152 e. The second-order valence-corrected chi connectivity index (χ2v) is 2.95. The minimum absolute atomic E-state index is 0.594. The van der Waals surface area contributed by atoms with Crippen LogP contribution in [0.4, 0.5) is 0 Å². The summed E-state index contributed by atoms with van der Waals surface area (Å²) < 4.78 is 0. The van der Waals surface area contributed by atoms with Crippen LogP contribution in [0, 0.1) is 0 Å². The second-order valence-electron chi connectivity index (χ2n) is 2.95. The van der Waals surface area contributed by atoms with Crippen molar-refractivity contribution in [3.05, 3.63) is 48.0 Å². The van der Waals surface area contributed by atoms with Crippen LogP contribution in [0.2, 0.25) is 0 Å². The predicted octanol–water partition coefficient (Wildman–Crippen LogP) is 3.76. The van der Waals surface area contributed by atoms with Crippen molar-refractivity contribution in [3.63, 3.8) is 0 Å². The largest absolute Gasteiger partial charge is 0.0910 e. The summed E-state index contributed by atoms with van der Waals surface area (Å²) in [4.78, 5) is 0. The monoisotopic (exact) mass is 160 g/mol. The Kier molecular flexibility index (Phi) is 3.59. The van der Waals surface area contributed by atoms with E-state index in [1.165, 1.54) is 12.0 Å². The highest BCUT2D eigenvalue weighted by molar-refractivity contribution is 5.23. The van der Waals surface area contributed by atoms with E-state index in [0.29, 0.717) is 5.92 Å². The normalized spacial score (nSPS) is 13.5. The minimum Gasteiger partial charge on any atom is -0.0910 e. The van der Waals surface area contributed by atoms with Crippen LogP contribution in [0.25, 0.3) is 0 Å². The number of hydrogen-bond donors (Lipinski definition) is 0. The average Bonchev–Trinajstić information content (AvgIpc) is 2.15. The molecule has 64 valence electrons. The summed E-state index contributed by atoms with van der Waals surface area (Å²) in [5.74, 6) is 0.594. The third-order valence-corrected chi connectivity index (χ3v) is 2.09. The van der Waals surface area contributed by atoms with Crippen LogP contribution in [0.3, 0.4) is 0 Å². The molecule has 0 radical (unpaired) electrons. The molecule has 1 aromatic carbocycles. The van der Waals surface area contributed by atoms with E-state index in [0.717, 1.165) is 0 Å². The molecule has 1 atom stereocenters. The van der Waals surface area contributed by atoms with Gasteiger partial charge in [0.1, 0.15) is 0 Å². The van der Waals surface area contributed by atoms with Crippen molar-refractivity contribution in [2.45, 2.75) is 26.2 Å². The zero-order chi connectivity index (χ0) is 8.81. The van der Waals surface area contributed by atoms with Gasteiger partial charge in [-0.2, -0.15) is 0 Å². The molecule has 0 fully saturated rings. The molecule has 1 rings (SSSR count). The fourth-order valence-corrected chi connectivity index (χ4v) is 1.42. The molecule has 12 heavy (non-hydrogen) atoms. The maximum absolute atomic E-state index is 2.26. The van der Waals surface area contributed by atoms with E-state index < -0.39 is 0 Å². The predicted molar refractivity (Wildman–Crippen MR) is 54.3 cm³/mol. The SMILES string of the molecule is C/C=C/[C@H](CC)c1ccccc1. The van der Waals surface area contributed by atoms with Gasteiger partial charge in [-0.3, -0.25) is 0 Å². The average molecular weight is 160 g/mol. The highest BCUT2D eigenvalue weighted by Gasteiger charge is 2.02. The lowest BCUT2D eigenvalue weighted by atomic mass is 9.96. The standard InChI is InChI=1S/C12H16/c1-3-8-11(4-2)12-9-6-5-7-10-12/h3,5-11H,4H2,1-2H3/b8-3+/t11-/m0/s1. The molecular formula is C12H16. The lowest BCUT2D eigenvalue weighted by molar-refractivity contribution is 0.804. The van der Waals surface area contributed by atoms with E-state index >= 15 is 0 Å². The molecule has 0 aliphatic heterocycles. The zero-order valence-corrected chi connectivity index (χ0v) is 7.83. The van der Waals surface area contributed by atoms with Crippen LogP contribution >= 0.6 is 0 Å².